The van der Waals surface area contributed by atoms with Crippen LogP contribution in [0.3, 0.4) is 0 Å². The van der Waals surface area contributed by atoms with Gasteiger partial charge in [0.1, 0.15) is 0 Å². The van der Waals surface area contributed by atoms with E-state index in [2.05, 4.69) is 16.4 Å². The highest BCUT2D eigenvalue weighted by Crippen LogP contribution is 2.40. The van der Waals surface area contributed by atoms with Crippen LogP contribution in [0.2, 0.25) is 0 Å². The molecule has 0 spiro atoms. The van der Waals surface area contributed by atoms with Gasteiger partial charge >= 0.3 is 0 Å². The van der Waals surface area contributed by atoms with Crippen molar-refractivity contribution in [1.29, 1.82) is 0 Å². The lowest BCUT2D eigenvalue weighted by atomic mass is 10.0. The largest absolute Gasteiger partial charge is 0.310 e. The molecule has 1 saturated heterocycles. The van der Waals surface area contributed by atoms with Gasteiger partial charge in [-0.1, -0.05) is 0 Å². The molecule has 2 nitrogen and oxygen atoms in total. The summed E-state index contributed by atoms with van der Waals surface area (Å²) in [7, 11) is 0. The molecular formula is C10H14Cl2N2. The van der Waals surface area contributed by atoms with Crippen LogP contribution in [-0.2, 0) is 6.42 Å². The number of halogens is 2. The minimum atomic E-state index is 0. The standard InChI is InChI=1S/C10H12N2.2ClH/c1-3-11-6-9-7(1)5-8-2-4-12-10(8)9;;/h1,3,6,8,10,12H,2,4-5H2;2*1H/t8-,10-;;/m1../s1. The minimum Gasteiger partial charge on any atom is -0.310 e. The van der Waals surface area contributed by atoms with Crippen molar-refractivity contribution in [3.8, 4) is 0 Å². The van der Waals surface area contributed by atoms with Gasteiger partial charge in [-0.05, 0) is 42.5 Å². The van der Waals surface area contributed by atoms with Crippen molar-refractivity contribution in [2.24, 2.45) is 5.92 Å². The van der Waals surface area contributed by atoms with Gasteiger partial charge in [-0.25, -0.2) is 0 Å². The van der Waals surface area contributed by atoms with Crippen molar-refractivity contribution in [2.75, 3.05) is 6.54 Å². The normalized spacial score (nSPS) is 27.1. The molecule has 2 heterocycles. The van der Waals surface area contributed by atoms with Crippen LogP contribution in [0.25, 0.3) is 0 Å². The fourth-order valence-corrected chi connectivity index (χ4v) is 2.53. The minimum absolute atomic E-state index is 0. The van der Waals surface area contributed by atoms with E-state index in [9.17, 15) is 0 Å². The summed E-state index contributed by atoms with van der Waals surface area (Å²) in [4.78, 5) is 4.18. The quantitative estimate of drug-likeness (QED) is 0.742. The Kier molecular flexibility index (Phi) is 3.76. The lowest BCUT2D eigenvalue weighted by Gasteiger charge is -2.08. The van der Waals surface area contributed by atoms with Crippen LogP contribution >= 0.6 is 24.8 Å². The molecule has 0 unspecified atom stereocenters. The van der Waals surface area contributed by atoms with E-state index < -0.39 is 0 Å². The second kappa shape index (κ2) is 4.47. The topological polar surface area (TPSA) is 24.9 Å². The number of pyridine rings is 1. The first-order valence-electron chi connectivity index (χ1n) is 4.61. The predicted octanol–water partition coefficient (Wildman–Crippen LogP) is 2.13. The van der Waals surface area contributed by atoms with E-state index in [0.29, 0.717) is 6.04 Å². The third kappa shape index (κ3) is 1.62. The van der Waals surface area contributed by atoms with Crippen molar-refractivity contribution in [2.45, 2.75) is 18.9 Å². The highest BCUT2D eigenvalue weighted by Gasteiger charge is 2.35. The Morgan fingerprint density at radius 3 is 3.07 bits per heavy atom. The molecule has 0 amide bonds. The van der Waals surface area contributed by atoms with E-state index in [-0.39, 0.29) is 24.8 Å². The van der Waals surface area contributed by atoms with Crippen molar-refractivity contribution in [1.82, 2.24) is 10.3 Å². The molecule has 1 aliphatic heterocycles. The van der Waals surface area contributed by atoms with E-state index in [1.165, 1.54) is 30.5 Å². The molecule has 1 aliphatic carbocycles. The number of fused-ring (bicyclic) bond motifs is 3. The Morgan fingerprint density at radius 1 is 1.36 bits per heavy atom. The lowest BCUT2D eigenvalue weighted by Crippen LogP contribution is -2.13. The van der Waals surface area contributed by atoms with Gasteiger partial charge in [0.15, 0.2) is 0 Å². The third-order valence-corrected chi connectivity index (χ3v) is 3.11. The predicted molar refractivity (Wildman–Crippen MR) is 61.3 cm³/mol. The lowest BCUT2D eigenvalue weighted by molar-refractivity contribution is 0.504. The fourth-order valence-electron chi connectivity index (χ4n) is 2.53. The highest BCUT2D eigenvalue weighted by molar-refractivity contribution is 5.85. The molecule has 0 aromatic carbocycles. The van der Waals surface area contributed by atoms with Gasteiger partial charge in [-0.15, -0.1) is 24.8 Å². The molecule has 1 aromatic heterocycles. The zero-order valence-corrected chi connectivity index (χ0v) is 9.40. The number of nitrogens with one attached hydrogen (secondary N) is 1. The Hall–Kier alpha value is -0.310. The smallest absolute Gasteiger partial charge is 0.0370 e. The summed E-state index contributed by atoms with van der Waals surface area (Å²) in [5.74, 6) is 0.851. The van der Waals surface area contributed by atoms with Crippen molar-refractivity contribution < 1.29 is 0 Å². The Bertz CT molecular complexity index is 317. The molecule has 0 saturated carbocycles. The van der Waals surface area contributed by atoms with Gasteiger partial charge in [0.05, 0.1) is 0 Å². The number of hydrogen-bond donors (Lipinski definition) is 1. The SMILES string of the molecule is Cl.Cl.c1cc2c(cn1)[C@@H]1NCC[C@@H]1C2. The van der Waals surface area contributed by atoms with Gasteiger partial charge < -0.3 is 5.32 Å². The molecule has 0 radical (unpaired) electrons. The summed E-state index contributed by atoms with van der Waals surface area (Å²) in [5.41, 5.74) is 2.95. The maximum atomic E-state index is 4.18. The van der Waals surface area contributed by atoms with Crippen LogP contribution < -0.4 is 5.32 Å². The van der Waals surface area contributed by atoms with Gasteiger partial charge in [0.2, 0.25) is 0 Å². The first-order chi connectivity index (χ1) is 5.95. The van der Waals surface area contributed by atoms with E-state index >= 15 is 0 Å². The Balaban J connectivity index is 0.000000490. The molecule has 2 atom stereocenters. The number of hydrogen-bond acceptors (Lipinski definition) is 2. The van der Waals surface area contributed by atoms with Crippen molar-refractivity contribution in [3.63, 3.8) is 0 Å². The van der Waals surface area contributed by atoms with Gasteiger partial charge in [0, 0.05) is 18.4 Å². The average molecular weight is 233 g/mol. The summed E-state index contributed by atoms with van der Waals surface area (Å²) in [5, 5.41) is 3.53. The first kappa shape index (κ1) is 11.8. The van der Waals surface area contributed by atoms with E-state index in [1.807, 2.05) is 12.4 Å². The van der Waals surface area contributed by atoms with Crippen LogP contribution in [0.15, 0.2) is 18.5 Å². The maximum absolute atomic E-state index is 4.18. The summed E-state index contributed by atoms with van der Waals surface area (Å²) in [6, 6.07) is 2.78. The maximum Gasteiger partial charge on any atom is 0.0370 e. The van der Waals surface area contributed by atoms with Gasteiger partial charge in [-0.3, -0.25) is 4.98 Å². The Labute approximate surface area is 96.3 Å². The monoisotopic (exact) mass is 232 g/mol. The van der Waals surface area contributed by atoms with Crippen LogP contribution in [0.4, 0.5) is 0 Å². The molecule has 0 bridgehead atoms. The number of nitrogens with zero attached hydrogens (tertiary/aromatic N) is 1. The molecule has 1 N–H and O–H groups in total. The molecule has 1 aromatic rings. The Morgan fingerprint density at radius 2 is 2.21 bits per heavy atom. The molecule has 14 heavy (non-hydrogen) atoms. The molecule has 2 aliphatic rings. The van der Waals surface area contributed by atoms with Crippen molar-refractivity contribution in [3.05, 3.63) is 29.6 Å². The summed E-state index contributed by atoms with van der Waals surface area (Å²) >= 11 is 0. The summed E-state index contributed by atoms with van der Waals surface area (Å²) in [6.07, 6.45) is 6.52. The van der Waals surface area contributed by atoms with Crippen molar-refractivity contribution >= 4 is 24.8 Å². The second-order valence-corrected chi connectivity index (χ2v) is 3.76. The van der Waals surface area contributed by atoms with E-state index in [0.717, 1.165) is 5.92 Å². The van der Waals surface area contributed by atoms with E-state index in [1.54, 1.807) is 0 Å². The average Bonchev–Trinajstić information content (AvgIpc) is 2.62. The highest BCUT2D eigenvalue weighted by atomic mass is 35.5. The first-order valence-corrected chi connectivity index (χ1v) is 4.61. The van der Waals surface area contributed by atoms with E-state index in [4.69, 9.17) is 0 Å². The fraction of sp³-hybridized carbons (Fsp3) is 0.500. The van der Waals surface area contributed by atoms with Crippen LogP contribution in [-0.4, -0.2) is 11.5 Å². The van der Waals surface area contributed by atoms with Gasteiger partial charge in [-0.2, -0.15) is 0 Å². The molecule has 4 heteroatoms. The molecular weight excluding hydrogens is 219 g/mol. The number of rotatable bonds is 0. The molecule has 78 valence electrons. The third-order valence-electron chi connectivity index (χ3n) is 3.11. The van der Waals surface area contributed by atoms with Crippen LogP contribution in [0, 0.1) is 5.92 Å². The van der Waals surface area contributed by atoms with Gasteiger partial charge in [0.25, 0.3) is 0 Å². The second-order valence-electron chi connectivity index (χ2n) is 3.76. The molecule has 3 rings (SSSR count). The summed E-state index contributed by atoms with van der Waals surface area (Å²) < 4.78 is 0. The number of aromatic nitrogens is 1. The van der Waals surface area contributed by atoms with Crippen LogP contribution in [0.1, 0.15) is 23.6 Å². The molecule has 1 fully saturated rings. The zero-order valence-electron chi connectivity index (χ0n) is 7.77. The zero-order chi connectivity index (χ0) is 7.97. The summed E-state index contributed by atoms with van der Waals surface area (Å²) in [6.45, 7) is 1.18. The van der Waals surface area contributed by atoms with Crippen LogP contribution in [0.5, 0.6) is 0 Å².